The summed E-state index contributed by atoms with van der Waals surface area (Å²) < 4.78 is 27.4. The minimum atomic E-state index is -0.388. The molecule has 2 aromatic carbocycles. The average molecular weight is 471 g/mol. The molecule has 4 atom stereocenters. The van der Waals surface area contributed by atoms with E-state index < -0.39 is 0 Å². The number of nitrogens with zero attached hydrogens (tertiary/aromatic N) is 2. The zero-order chi connectivity index (χ0) is 24.1. The fourth-order valence-electron chi connectivity index (χ4n) is 5.22. The lowest BCUT2D eigenvalue weighted by atomic mass is 9.82. The molecule has 0 spiro atoms. The third-order valence-corrected chi connectivity index (χ3v) is 7.02. The summed E-state index contributed by atoms with van der Waals surface area (Å²) in [7, 11) is 0. The molecule has 2 N–H and O–H groups in total. The molecule has 0 aliphatic carbocycles. The summed E-state index contributed by atoms with van der Waals surface area (Å²) in [4.78, 5) is 18.9. The fourth-order valence-corrected chi connectivity index (χ4v) is 5.22. The Morgan fingerprint density at radius 1 is 0.794 bits per heavy atom. The van der Waals surface area contributed by atoms with E-state index in [0.29, 0.717) is 25.2 Å². The summed E-state index contributed by atoms with van der Waals surface area (Å²) in [5.41, 5.74) is 1.66. The first-order valence-electron chi connectivity index (χ1n) is 12.3. The molecule has 0 bridgehead atoms. The number of Topliss-reactive ketones (excluding diaryl/α,β-unsaturated/α-hetero) is 1. The molecule has 0 amide bonds. The number of hydrogen-bond donors (Lipinski definition) is 2. The maximum Gasteiger partial charge on any atom is 0.150 e. The van der Waals surface area contributed by atoms with Crippen molar-refractivity contribution in [1.82, 2.24) is 20.4 Å². The molecular weight excluding hydrogens is 434 g/mol. The van der Waals surface area contributed by atoms with Crippen LogP contribution in [0.25, 0.3) is 0 Å². The van der Waals surface area contributed by atoms with Gasteiger partial charge in [0.1, 0.15) is 17.4 Å². The van der Waals surface area contributed by atoms with Gasteiger partial charge in [0.15, 0.2) is 0 Å². The lowest BCUT2D eigenvalue weighted by Gasteiger charge is -2.37. The highest BCUT2D eigenvalue weighted by atomic mass is 19.1. The van der Waals surface area contributed by atoms with Gasteiger partial charge < -0.3 is 10.6 Å². The topological polar surface area (TPSA) is 47.6 Å². The smallest absolute Gasteiger partial charge is 0.150 e. The highest BCUT2D eigenvalue weighted by Crippen LogP contribution is 2.30. The molecule has 2 heterocycles. The lowest BCUT2D eigenvalue weighted by Crippen LogP contribution is -2.52. The van der Waals surface area contributed by atoms with Gasteiger partial charge in [0.25, 0.3) is 0 Å². The molecule has 2 aliphatic rings. The van der Waals surface area contributed by atoms with Gasteiger partial charge >= 0.3 is 0 Å². The second-order valence-electron chi connectivity index (χ2n) is 9.84. The number of nitrogens with one attached hydrogen (secondary N) is 2. The number of piperazine rings is 2. The zero-order valence-electron chi connectivity index (χ0n) is 20.1. The number of ketones is 1. The summed E-state index contributed by atoms with van der Waals surface area (Å²) in [5, 5.41) is 6.90. The van der Waals surface area contributed by atoms with Crippen molar-refractivity contribution in [3.05, 3.63) is 71.3 Å². The largest absolute Gasteiger partial charge is 0.312 e. The van der Waals surface area contributed by atoms with Crippen LogP contribution in [-0.2, 0) is 4.79 Å². The van der Waals surface area contributed by atoms with E-state index in [2.05, 4.69) is 34.3 Å². The molecular formula is C27H36F2N4O. The Labute approximate surface area is 201 Å². The number of hydrogen-bond acceptors (Lipinski definition) is 5. The van der Waals surface area contributed by atoms with Crippen LogP contribution in [0.5, 0.6) is 0 Å². The molecule has 34 heavy (non-hydrogen) atoms. The molecule has 0 saturated carbocycles. The van der Waals surface area contributed by atoms with Gasteiger partial charge in [0.2, 0.25) is 0 Å². The molecule has 0 aromatic heterocycles. The first-order valence-corrected chi connectivity index (χ1v) is 12.3. The van der Waals surface area contributed by atoms with E-state index in [1.807, 2.05) is 0 Å². The SMILES string of the molecule is CC1CN(C[C@@H](C(=O)[C@H](CN2CCNC(C)C2)c2ccc(F)cc2)c2ccc(F)cc2)CCN1. The van der Waals surface area contributed by atoms with E-state index in [0.717, 1.165) is 50.4 Å². The molecule has 7 heteroatoms. The molecule has 2 saturated heterocycles. The van der Waals surface area contributed by atoms with E-state index >= 15 is 0 Å². The van der Waals surface area contributed by atoms with Crippen molar-refractivity contribution in [2.24, 2.45) is 0 Å². The average Bonchev–Trinajstić information content (AvgIpc) is 2.82. The molecule has 184 valence electrons. The summed E-state index contributed by atoms with van der Waals surface area (Å²) in [5.74, 6) is -1.29. The summed E-state index contributed by atoms with van der Waals surface area (Å²) in [6, 6.07) is 13.4. The van der Waals surface area contributed by atoms with Crippen molar-refractivity contribution in [3.63, 3.8) is 0 Å². The predicted molar refractivity (Wildman–Crippen MR) is 131 cm³/mol. The highest BCUT2D eigenvalue weighted by molar-refractivity contribution is 5.92. The summed E-state index contributed by atoms with van der Waals surface area (Å²) in [6.07, 6.45) is 0. The number of benzene rings is 2. The van der Waals surface area contributed by atoms with Gasteiger partial charge in [-0.3, -0.25) is 14.6 Å². The van der Waals surface area contributed by atoms with E-state index in [4.69, 9.17) is 0 Å². The number of carbonyl (C=O) groups excluding carboxylic acids is 1. The molecule has 4 rings (SSSR count). The van der Waals surface area contributed by atoms with E-state index in [1.54, 1.807) is 24.3 Å². The van der Waals surface area contributed by atoms with Crippen molar-refractivity contribution >= 4 is 5.78 Å². The minimum Gasteiger partial charge on any atom is -0.312 e. The second kappa shape index (κ2) is 11.5. The Kier molecular flexibility index (Phi) is 8.42. The number of rotatable bonds is 8. The normalized spacial score (nSPS) is 24.0. The molecule has 2 unspecified atom stereocenters. The number of halogens is 2. The maximum atomic E-state index is 14.3. The van der Waals surface area contributed by atoms with Crippen LogP contribution in [0.4, 0.5) is 8.78 Å². The van der Waals surface area contributed by atoms with Crippen molar-refractivity contribution in [2.75, 3.05) is 52.4 Å². The molecule has 0 radical (unpaired) electrons. The predicted octanol–water partition coefficient (Wildman–Crippen LogP) is 2.99. The van der Waals surface area contributed by atoms with Gasteiger partial charge in [0, 0.05) is 64.4 Å². The monoisotopic (exact) mass is 470 g/mol. The van der Waals surface area contributed by atoms with Gasteiger partial charge in [-0.05, 0) is 49.2 Å². The quantitative estimate of drug-likeness (QED) is 0.621. The Bertz CT molecular complexity index is 861. The van der Waals surface area contributed by atoms with Crippen LogP contribution in [0.3, 0.4) is 0 Å². The van der Waals surface area contributed by atoms with Gasteiger partial charge in [-0.1, -0.05) is 24.3 Å². The van der Waals surface area contributed by atoms with E-state index in [1.165, 1.54) is 24.3 Å². The first kappa shape index (κ1) is 24.9. The molecule has 2 aliphatic heterocycles. The van der Waals surface area contributed by atoms with E-state index in [-0.39, 0.29) is 29.3 Å². The van der Waals surface area contributed by atoms with Crippen LogP contribution in [0, 0.1) is 11.6 Å². The van der Waals surface area contributed by atoms with Crippen LogP contribution >= 0.6 is 0 Å². The Morgan fingerprint density at radius 3 is 1.53 bits per heavy atom. The third kappa shape index (κ3) is 6.48. The van der Waals surface area contributed by atoms with Crippen molar-refractivity contribution < 1.29 is 13.6 Å². The highest BCUT2D eigenvalue weighted by Gasteiger charge is 2.33. The standard InChI is InChI=1S/C27H36F2N4O/c1-19-15-32(13-11-30-19)17-25(21-3-7-23(28)8-4-21)27(34)26(22-5-9-24(29)10-6-22)18-33-14-12-31-20(2)16-33/h3-10,19-20,25-26,30-31H,11-18H2,1-2H3/t19?,20?,25-,26-/m1/s1. The Morgan fingerprint density at radius 2 is 1.18 bits per heavy atom. The van der Waals surface area contributed by atoms with Gasteiger partial charge in [0.05, 0.1) is 11.8 Å². The molecule has 2 fully saturated rings. The number of carbonyl (C=O) groups is 1. The first-order chi connectivity index (χ1) is 16.4. The van der Waals surface area contributed by atoms with E-state index in [9.17, 15) is 13.6 Å². The minimum absolute atomic E-state index is 0.107. The summed E-state index contributed by atoms with van der Waals surface area (Å²) >= 11 is 0. The van der Waals surface area contributed by atoms with Crippen LogP contribution in [0.15, 0.2) is 48.5 Å². The van der Waals surface area contributed by atoms with Gasteiger partial charge in [-0.2, -0.15) is 0 Å². The third-order valence-electron chi connectivity index (χ3n) is 7.02. The van der Waals surface area contributed by atoms with Crippen molar-refractivity contribution in [1.29, 1.82) is 0 Å². The summed E-state index contributed by atoms with van der Waals surface area (Å²) in [6.45, 7) is 10.7. The van der Waals surface area contributed by atoms with Crippen LogP contribution in [0.2, 0.25) is 0 Å². The van der Waals surface area contributed by atoms with Gasteiger partial charge in [-0.15, -0.1) is 0 Å². The van der Waals surface area contributed by atoms with Crippen molar-refractivity contribution in [3.8, 4) is 0 Å². The second-order valence-corrected chi connectivity index (χ2v) is 9.84. The van der Waals surface area contributed by atoms with Crippen LogP contribution < -0.4 is 10.6 Å². The molecule has 5 nitrogen and oxygen atoms in total. The molecule has 2 aromatic rings. The van der Waals surface area contributed by atoms with Crippen molar-refractivity contribution in [2.45, 2.75) is 37.8 Å². The van der Waals surface area contributed by atoms with Crippen LogP contribution in [0.1, 0.15) is 36.8 Å². The Hall–Kier alpha value is -2.19. The van der Waals surface area contributed by atoms with Crippen LogP contribution in [-0.4, -0.2) is 80.0 Å². The Balaban J connectivity index is 1.64. The van der Waals surface area contributed by atoms with Gasteiger partial charge in [-0.25, -0.2) is 8.78 Å². The lowest BCUT2D eigenvalue weighted by molar-refractivity contribution is -0.123. The zero-order valence-corrected chi connectivity index (χ0v) is 20.1. The fraction of sp³-hybridized carbons (Fsp3) is 0.519. The maximum absolute atomic E-state index is 14.3.